The van der Waals surface area contributed by atoms with Gasteiger partial charge in [0.25, 0.3) is 0 Å². The van der Waals surface area contributed by atoms with Crippen LogP contribution in [0.5, 0.6) is 0 Å². The van der Waals surface area contributed by atoms with E-state index in [4.69, 9.17) is 0 Å². The molecule has 1 fully saturated rings. The summed E-state index contributed by atoms with van der Waals surface area (Å²) in [4.78, 5) is 12.7. The molecule has 1 aliphatic heterocycles. The Balaban J connectivity index is 2.19. The van der Waals surface area contributed by atoms with Crippen molar-refractivity contribution in [3.05, 3.63) is 0 Å². The first kappa shape index (κ1) is 7.17. The number of rotatable bonds is 2. The molecule has 0 aromatic heterocycles. The van der Waals surface area contributed by atoms with Gasteiger partial charge in [0.2, 0.25) is 0 Å². The van der Waals surface area contributed by atoms with Crippen LogP contribution in [0.3, 0.4) is 0 Å². The van der Waals surface area contributed by atoms with Gasteiger partial charge in [-0.2, -0.15) is 0 Å². The Morgan fingerprint density at radius 3 is 2.44 bits per heavy atom. The van der Waals surface area contributed by atoms with Crippen LogP contribution in [0.15, 0.2) is 0 Å². The molecule has 0 bridgehead atoms. The zero-order valence-electron chi connectivity index (χ0n) is 5.47. The fraction of sp³-hybridized carbons (Fsp3) is 0.833. The lowest BCUT2D eigenvalue weighted by atomic mass is 10.4. The number of likely N-dealkylation sites (tertiary alicyclic amines) is 1. The molecular formula is C6H12NOP. The minimum absolute atomic E-state index is 0.205. The summed E-state index contributed by atoms with van der Waals surface area (Å²) < 4.78 is 0. The second-order valence-corrected chi connectivity index (χ2v) is 3.09. The standard InChI is InChI=1S/C6H12NOP/c8-6(9)5-7-3-1-2-4-7/h1-5,9H2. The van der Waals surface area contributed by atoms with Crippen LogP contribution in [0.1, 0.15) is 12.8 Å². The Kier molecular flexibility index (Phi) is 2.62. The summed E-state index contributed by atoms with van der Waals surface area (Å²) in [6.07, 6.45) is 2.52. The molecule has 1 rings (SSSR count). The molecule has 1 unspecified atom stereocenters. The summed E-state index contributed by atoms with van der Waals surface area (Å²) in [5.41, 5.74) is 0.205. The van der Waals surface area contributed by atoms with Crippen molar-refractivity contribution in [3.63, 3.8) is 0 Å². The van der Waals surface area contributed by atoms with Crippen LogP contribution >= 0.6 is 9.24 Å². The van der Waals surface area contributed by atoms with Crippen molar-refractivity contribution in [3.8, 4) is 0 Å². The Bertz CT molecular complexity index is 110. The first-order chi connectivity index (χ1) is 4.29. The van der Waals surface area contributed by atoms with Crippen LogP contribution in [-0.4, -0.2) is 30.1 Å². The number of carbonyl (C=O) groups is 1. The maximum Gasteiger partial charge on any atom is 0.162 e. The van der Waals surface area contributed by atoms with Gasteiger partial charge in [0, 0.05) is 0 Å². The quantitative estimate of drug-likeness (QED) is 0.527. The molecule has 0 spiro atoms. The predicted octanol–water partition coefficient (Wildman–Crippen LogP) is 0.484. The summed E-state index contributed by atoms with van der Waals surface area (Å²) in [5.74, 6) is 0. The molecule has 1 saturated heterocycles. The fourth-order valence-electron chi connectivity index (χ4n) is 1.16. The molecule has 9 heavy (non-hydrogen) atoms. The van der Waals surface area contributed by atoms with Crippen LogP contribution < -0.4 is 0 Å². The number of nitrogens with zero attached hydrogens (tertiary/aromatic N) is 1. The average Bonchev–Trinajstić information content (AvgIpc) is 2.15. The van der Waals surface area contributed by atoms with Crippen molar-refractivity contribution in [1.29, 1.82) is 0 Å². The highest BCUT2D eigenvalue weighted by molar-refractivity contribution is 7.40. The Labute approximate surface area is 57.8 Å². The molecule has 0 amide bonds. The van der Waals surface area contributed by atoms with E-state index in [0.29, 0.717) is 6.54 Å². The third-order valence-corrected chi connectivity index (χ3v) is 1.76. The van der Waals surface area contributed by atoms with E-state index in [9.17, 15) is 4.79 Å². The largest absolute Gasteiger partial charge is 0.296 e. The molecule has 0 aliphatic carbocycles. The number of hydrogen-bond acceptors (Lipinski definition) is 2. The van der Waals surface area contributed by atoms with Gasteiger partial charge in [-0.15, -0.1) is 0 Å². The molecule has 1 atom stereocenters. The molecule has 0 N–H and O–H groups in total. The first-order valence-electron chi connectivity index (χ1n) is 3.30. The highest BCUT2D eigenvalue weighted by Crippen LogP contribution is 2.07. The Hall–Kier alpha value is 0.0600. The monoisotopic (exact) mass is 145 g/mol. The van der Waals surface area contributed by atoms with E-state index in [2.05, 4.69) is 14.1 Å². The van der Waals surface area contributed by atoms with Crippen LogP contribution in [0, 0.1) is 0 Å². The minimum atomic E-state index is 0.205. The van der Waals surface area contributed by atoms with E-state index < -0.39 is 0 Å². The molecule has 2 nitrogen and oxygen atoms in total. The highest BCUT2D eigenvalue weighted by Gasteiger charge is 2.11. The van der Waals surface area contributed by atoms with Gasteiger partial charge in [0.05, 0.1) is 6.54 Å². The van der Waals surface area contributed by atoms with Gasteiger partial charge >= 0.3 is 0 Å². The number of carbonyl (C=O) groups excluding carboxylic acids is 1. The average molecular weight is 145 g/mol. The lowest BCUT2D eigenvalue weighted by molar-refractivity contribution is -0.111. The summed E-state index contributed by atoms with van der Waals surface area (Å²) >= 11 is 0. The second kappa shape index (κ2) is 3.28. The van der Waals surface area contributed by atoms with E-state index in [1.165, 1.54) is 12.8 Å². The van der Waals surface area contributed by atoms with Crippen LogP contribution in [-0.2, 0) is 4.79 Å². The van der Waals surface area contributed by atoms with Crippen molar-refractivity contribution in [2.75, 3.05) is 19.6 Å². The third kappa shape index (κ3) is 2.42. The van der Waals surface area contributed by atoms with Crippen molar-refractivity contribution in [2.45, 2.75) is 12.8 Å². The summed E-state index contributed by atoms with van der Waals surface area (Å²) in [6.45, 7) is 2.85. The van der Waals surface area contributed by atoms with E-state index >= 15 is 0 Å². The maximum absolute atomic E-state index is 10.5. The molecule has 0 saturated carbocycles. The highest BCUT2D eigenvalue weighted by atomic mass is 31.0. The zero-order chi connectivity index (χ0) is 6.69. The molecule has 0 aromatic carbocycles. The molecular weight excluding hydrogens is 133 g/mol. The van der Waals surface area contributed by atoms with Crippen molar-refractivity contribution < 1.29 is 4.79 Å². The van der Waals surface area contributed by atoms with Gasteiger partial charge in [-0.05, 0) is 25.9 Å². The van der Waals surface area contributed by atoms with Crippen LogP contribution in [0.4, 0.5) is 0 Å². The first-order valence-corrected chi connectivity index (χ1v) is 3.87. The van der Waals surface area contributed by atoms with Crippen LogP contribution in [0.2, 0.25) is 0 Å². The lowest BCUT2D eigenvalue weighted by Gasteiger charge is -2.10. The lowest BCUT2D eigenvalue weighted by Crippen LogP contribution is -2.23. The van der Waals surface area contributed by atoms with Crippen LogP contribution in [0.25, 0.3) is 0 Å². The van der Waals surface area contributed by atoms with Crippen molar-refractivity contribution in [2.24, 2.45) is 0 Å². The van der Waals surface area contributed by atoms with E-state index in [1.54, 1.807) is 0 Å². The number of hydrogen-bond donors (Lipinski definition) is 0. The molecule has 1 heterocycles. The summed E-state index contributed by atoms with van der Waals surface area (Å²) in [5, 5.41) is 0. The summed E-state index contributed by atoms with van der Waals surface area (Å²) in [6, 6.07) is 0. The van der Waals surface area contributed by atoms with Crippen molar-refractivity contribution in [1.82, 2.24) is 4.90 Å². The molecule has 0 radical (unpaired) electrons. The minimum Gasteiger partial charge on any atom is -0.296 e. The van der Waals surface area contributed by atoms with E-state index in [0.717, 1.165) is 13.1 Å². The van der Waals surface area contributed by atoms with Gasteiger partial charge in [0.15, 0.2) is 5.52 Å². The van der Waals surface area contributed by atoms with Gasteiger partial charge in [-0.25, -0.2) is 0 Å². The topological polar surface area (TPSA) is 20.3 Å². The van der Waals surface area contributed by atoms with Gasteiger partial charge in [0.1, 0.15) is 0 Å². The molecule has 0 aromatic rings. The van der Waals surface area contributed by atoms with E-state index in [1.807, 2.05) is 0 Å². The molecule has 52 valence electrons. The second-order valence-electron chi connectivity index (χ2n) is 2.45. The zero-order valence-corrected chi connectivity index (χ0v) is 6.62. The van der Waals surface area contributed by atoms with Gasteiger partial charge in [-0.1, -0.05) is 9.24 Å². The predicted molar refractivity (Wildman–Crippen MR) is 40.4 cm³/mol. The molecule has 1 aliphatic rings. The van der Waals surface area contributed by atoms with Gasteiger partial charge in [-0.3, -0.25) is 9.69 Å². The smallest absolute Gasteiger partial charge is 0.162 e. The Morgan fingerprint density at radius 2 is 2.00 bits per heavy atom. The van der Waals surface area contributed by atoms with E-state index in [-0.39, 0.29) is 5.52 Å². The molecule has 3 heteroatoms. The fourth-order valence-corrected chi connectivity index (χ4v) is 1.42. The summed E-state index contributed by atoms with van der Waals surface area (Å²) in [7, 11) is 2.21. The van der Waals surface area contributed by atoms with Gasteiger partial charge < -0.3 is 0 Å². The maximum atomic E-state index is 10.5. The Morgan fingerprint density at radius 1 is 1.44 bits per heavy atom. The normalized spacial score (nSPS) is 20.6. The third-order valence-electron chi connectivity index (χ3n) is 1.58. The SMILES string of the molecule is O=C(P)CN1CCCC1. The van der Waals surface area contributed by atoms with Crippen molar-refractivity contribution >= 4 is 14.8 Å².